The van der Waals surface area contributed by atoms with Crippen LogP contribution >= 0.6 is 0 Å². The van der Waals surface area contributed by atoms with Crippen molar-refractivity contribution >= 4 is 15.7 Å². The van der Waals surface area contributed by atoms with Crippen LogP contribution in [-0.2, 0) is 10.0 Å². The van der Waals surface area contributed by atoms with Gasteiger partial charge in [0.05, 0.1) is 0 Å². The topological polar surface area (TPSA) is 72.2 Å². The molecule has 3 N–H and O–H groups in total. The third-order valence-electron chi connectivity index (χ3n) is 2.37. The van der Waals surface area contributed by atoms with Gasteiger partial charge >= 0.3 is 0 Å². The molecule has 1 unspecified atom stereocenters. The minimum Gasteiger partial charge on any atom is -0.399 e. The molecule has 0 aromatic heterocycles. The highest BCUT2D eigenvalue weighted by Crippen LogP contribution is 2.22. The molecule has 1 aromatic carbocycles. The van der Waals surface area contributed by atoms with Crippen molar-refractivity contribution in [2.24, 2.45) is 0 Å². The van der Waals surface area contributed by atoms with Gasteiger partial charge in [0.1, 0.15) is 11.6 Å². The Morgan fingerprint density at radius 1 is 1.33 bits per heavy atom. The summed E-state index contributed by atoms with van der Waals surface area (Å²) in [6, 6.07) is 1.17. The summed E-state index contributed by atoms with van der Waals surface area (Å²) in [4.78, 5) is -0.986. The Labute approximate surface area is 105 Å². The first-order valence-electron chi connectivity index (χ1n) is 5.54. The van der Waals surface area contributed by atoms with Gasteiger partial charge in [0.25, 0.3) is 0 Å². The molecule has 0 radical (unpaired) electrons. The summed E-state index contributed by atoms with van der Waals surface area (Å²) < 4.78 is 52.9. The van der Waals surface area contributed by atoms with Crippen LogP contribution in [0.4, 0.5) is 14.5 Å². The Bertz CT molecular complexity index is 509. The molecular formula is C11H16F2N2O2S. The van der Waals surface area contributed by atoms with Crippen molar-refractivity contribution in [2.75, 3.05) is 5.73 Å². The zero-order valence-electron chi connectivity index (χ0n) is 10.2. The number of halogens is 2. The first kappa shape index (κ1) is 14.8. The highest BCUT2D eigenvalue weighted by atomic mass is 32.2. The van der Waals surface area contributed by atoms with Crippen LogP contribution in [0.25, 0.3) is 0 Å². The van der Waals surface area contributed by atoms with Gasteiger partial charge in [-0.2, -0.15) is 0 Å². The maximum Gasteiger partial charge on any atom is 0.246 e. The quantitative estimate of drug-likeness (QED) is 0.809. The van der Waals surface area contributed by atoms with E-state index >= 15 is 0 Å². The molecule has 0 bridgehead atoms. The van der Waals surface area contributed by atoms with Crippen LogP contribution in [0.5, 0.6) is 0 Å². The van der Waals surface area contributed by atoms with E-state index in [1.54, 1.807) is 6.92 Å². The second-order valence-corrected chi connectivity index (χ2v) is 5.78. The summed E-state index contributed by atoms with van der Waals surface area (Å²) >= 11 is 0. The second kappa shape index (κ2) is 5.62. The van der Waals surface area contributed by atoms with Gasteiger partial charge in [0, 0.05) is 11.7 Å². The van der Waals surface area contributed by atoms with Gasteiger partial charge in [0.2, 0.25) is 10.0 Å². The molecule has 0 saturated carbocycles. The fraction of sp³-hybridized carbons (Fsp3) is 0.455. The lowest BCUT2D eigenvalue weighted by atomic mass is 10.2. The molecule has 0 aliphatic rings. The summed E-state index contributed by atoms with van der Waals surface area (Å²) in [7, 11) is -4.22. The van der Waals surface area contributed by atoms with Crippen LogP contribution in [0.2, 0.25) is 0 Å². The third kappa shape index (κ3) is 3.39. The average molecular weight is 278 g/mol. The minimum absolute atomic E-state index is 0.162. The van der Waals surface area contributed by atoms with Crippen molar-refractivity contribution < 1.29 is 17.2 Å². The van der Waals surface area contributed by atoms with E-state index in [0.29, 0.717) is 6.42 Å². The van der Waals surface area contributed by atoms with Gasteiger partial charge in [0.15, 0.2) is 4.90 Å². The van der Waals surface area contributed by atoms with Gasteiger partial charge in [-0.3, -0.25) is 0 Å². The van der Waals surface area contributed by atoms with E-state index in [1.165, 1.54) is 0 Å². The number of hydrogen-bond acceptors (Lipinski definition) is 3. The summed E-state index contributed by atoms with van der Waals surface area (Å²) in [5, 5.41) is 0. The van der Waals surface area contributed by atoms with Gasteiger partial charge in [-0.1, -0.05) is 13.3 Å². The number of nitrogen functional groups attached to an aromatic ring is 1. The van der Waals surface area contributed by atoms with E-state index in [1.807, 2.05) is 6.92 Å². The zero-order valence-corrected chi connectivity index (χ0v) is 11.0. The van der Waals surface area contributed by atoms with Gasteiger partial charge < -0.3 is 5.73 Å². The second-order valence-electron chi connectivity index (χ2n) is 4.12. The largest absolute Gasteiger partial charge is 0.399 e. The Balaban J connectivity index is 3.13. The predicted octanol–water partition coefficient (Wildman–Crippen LogP) is 2.01. The Kier molecular flexibility index (Phi) is 4.64. The van der Waals surface area contributed by atoms with Gasteiger partial charge in [-0.05, 0) is 25.5 Å². The molecule has 0 heterocycles. The molecule has 0 aliphatic heterocycles. The number of anilines is 1. The molecule has 0 amide bonds. The fourth-order valence-electron chi connectivity index (χ4n) is 1.65. The van der Waals surface area contributed by atoms with Crippen LogP contribution in [0.1, 0.15) is 26.7 Å². The molecule has 0 fully saturated rings. The van der Waals surface area contributed by atoms with Crippen molar-refractivity contribution in [1.29, 1.82) is 0 Å². The molecule has 7 heteroatoms. The summed E-state index contributed by atoms with van der Waals surface area (Å²) in [6.45, 7) is 3.52. The van der Waals surface area contributed by atoms with E-state index in [4.69, 9.17) is 5.73 Å². The van der Waals surface area contributed by atoms with Crippen LogP contribution < -0.4 is 10.5 Å². The standard InChI is InChI=1S/C11H16F2N2O2S/c1-3-4-7(2)15-18(16,17)11-9(12)5-8(14)6-10(11)13/h5-7,15H,3-4,14H2,1-2H3. The Morgan fingerprint density at radius 2 is 1.83 bits per heavy atom. The molecule has 0 spiro atoms. The van der Waals surface area contributed by atoms with Crippen molar-refractivity contribution in [1.82, 2.24) is 4.72 Å². The molecule has 18 heavy (non-hydrogen) atoms. The summed E-state index contributed by atoms with van der Waals surface area (Å²) in [6.07, 6.45) is 1.34. The van der Waals surface area contributed by atoms with Crippen molar-refractivity contribution in [3.05, 3.63) is 23.8 Å². The Morgan fingerprint density at radius 3 is 2.28 bits per heavy atom. The number of nitrogens with two attached hydrogens (primary N) is 1. The van der Waals surface area contributed by atoms with Crippen molar-refractivity contribution in [3.63, 3.8) is 0 Å². The van der Waals surface area contributed by atoms with E-state index in [2.05, 4.69) is 4.72 Å². The smallest absolute Gasteiger partial charge is 0.246 e. The lowest BCUT2D eigenvalue weighted by Crippen LogP contribution is -2.33. The highest BCUT2D eigenvalue weighted by molar-refractivity contribution is 7.89. The van der Waals surface area contributed by atoms with Crippen molar-refractivity contribution in [3.8, 4) is 0 Å². The van der Waals surface area contributed by atoms with E-state index in [9.17, 15) is 17.2 Å². The molecule has 0 aliphatic carbocycles. The molecule has 0 saturated heterocycles. The normalized spacial score (nSPS) is 13.6. The molecule has 102 valence electrons. The van der Waals surface area contributed by atoms with Crippen LogP contribution in [0.3, 0.4) is 0 Å². The maximum absolute atomic E-state index is 13.5. The molecule has 4 nitrogen and oxygen atoms in total. The number of nitrogens with one attached hydrogen (secondary N) is 1. The van der Waals surface area contributed by atoms with Crippen LogP contribution in [0, 0.1) is 11.6 Å². The number of sulfonamides is 1. The first-order valence-corrected chi connectivity index (χ1v) is 7.03. The monoisotopic (exact) mass is 278 g/mol. The fourth-order valence-corrected chi connectivity index (χ4v) is 3.05. The lowest BCUT2D eigenvalue weighted by molar-refractivity contribution is 0.503. The average Bonchev–Trinajstić information content (AvgIpc) is 2.13. The first-order chi connectivity index (χ1) is 8.27. The van der Waals surface area contributed by atoms with E-state index < -0.39 is 32.6 Å². The SMILES string of the molecule is CCCC(C)NS(=O)(=O)c1c(F)cc(N)cc1F. The summed E-state index contributed by atoms with van der Waals surface area (Å²) in [5.41, 5.74) is 5.06. The lowest BCUT2D eigenvalue weighted by Gasteiger charge is -2.14. The zero-order chi connectivity index (χ0) is 13.9. The van der Waals surface area contributed by atoms with Crippen LogP contribution in [-0.4, -0.2) is 14.5 Å². The van der Waals surface area contributed by atoms with Crippen LogP contribution in [0.15, 0.2) is 17.0 Å². The summed E-state index contributed by atoms with van der Waals surface area (Å²) in [5.74, 6) is -2.38. The van der Waals surface area contributed by atoms with E-state index in [-0.39, 0.29) is 5.69 Å². The van der Waals surface area contributed by atoms with Crippen molar-refractivity contribution in [2.45, 2.75) is 37.6 Å². The molecule has 1 rings (SSSR count). The third-order valence-corrected chi connectivity index (χ3v) is 4.01. The predicted molar refractivity (Wildman–Crippen MR) is 65.5 cm³/mol. The molecular weight excluding hydrogens is 262 g/mol. The molecule has 1 aromatic rings. The van der Waals surface area contributed by atoms with Gasteiger partial charge in [-0.25, -0.2) is 21.9 Å². The number of benzene rings is 1. The highest BCUT2D eigenvalue weighted by Gasteiger charge is 2.25. The molecule has 1 atom stereocenters. The van der Waals surface area contributed by atoms with E-state index in [0.717, 1.165) is 18.6 Å². The van der Waals surface area contributed by atoms with Gasteiger partial charge in [-0.15, -0.1) is 0 Å². The Hall–Kier alpha value is -1.21. The minimum atomic E-state index is -4.22. The number of hydrogen-bond donors (Lipinski definition) is 2. The maximum atomic E-state index is 13.5. The number of rotatable bonds is 5.